The summed E-state index contributed by atoms with van der Waals surface area (Å²) in [5.41, 5.74) is 8.86. The molecule has 3 aromatic heterocycles. The number of aromatic amines is 2. The number of nitrogen functional groups attached to an aromatic ring is 1. The number of hydrogen-bond acceptors (Lipinski definition) is 7. The van der Waals surface area contributed by atoms with Gasteiger partial charge in [-0.1, -0.05) is 29.5 Å². The van der Waals surface area contributed by atoms with Crippen LogP contribution in [0.3, 0.4) is 0 Å². The number of nitrogens with one attached hydrogen (secondary N) is 2. The fourth-order valence-corrected chi connectivity index (χ4v) is 3.39. The van der Waals surface area contributed by atoms with E-state index in [1.807, 2.05) is 49.4 Å². The van der Waals surface area contributed by atoms with E-state index < -0.39 is 0 Å². The second kappa shape index (κ2) is 6.44. The van der Waals surface area contributed by atoms with E-state index in [2.05, 4.69) is 30.7 Å². The molecule has 10 heteroatoms. The lowest BCUT2D eigenvalue weighted by molar-refractivity contribution is 0.294. The molecule has 0 atom stereocenters. The summed E-state index contributed by atoms with van der Waals surface area (Å²) in [5.74, 6) is 1.34. The van der Waals surface area contributed by atoms with E-state index in [-0.39, 0.29) is 18.0 Å². The molecule has 0 amide bonds. The number of aromatic nitrogens is 7. The standard InChI is InChI=1S/C19H16N8O2/c1-10-13(7-4-8-14(10)29-9-15-22-25-26-23-15)27-18(20)16-17(24-27)11-5-2-3-6-12(11)21-19(16)28/h2-8H,9,20H2,1H3,(H,21,28)(H,22,23,25,26). The Morgan fingerprint density at radius 3 is 2.86 bits per heavy atom. The van der Waals surface area contributed by atoms with Gasteiger partial charge in [-0.15, -0.1) is 10.2 Å². The van der Waals surface area contributed by atoms with Crippen molar-refractivity contribution in [2.24, 2.45) is 0 Å². The minimum atomic E-state index is -0.274. The number of nitrogens with zero attached hydrogens (tertiary/aromatic N) is 5. The average molecular weight is 388 g/mol. The van der Waals surface area contributed by atoms with Crippen LogP contribution in [0.25, 0.3) is 27.5 Å². The van der Waals surface area contributed by atoms with Crippen molar-refractivity contribution >= 4 is 27.6 Å². The SMILES string of the molecule is Cc1c(OCc2nn[nH]n2)cccc1-n1nc2c(c1N)c(=O)[nH]c1ccccc12. The molecule has 0 saturated heterocycles. The first kappa shape index (κ1) is 16.9. The Morgan fingerprint density at radius 1 is 1.17 bits per heavy atom. The van der Waals surface area contributed by atoms with Gasteiger partial charge in [0.2, 0.25) is 5.82 Å². The molecule has 0 saturated carbocycles. The van der Waals surface area contributed by atoms with Gasteiger partial charge < -0.3 is 15.5 Å². The highest BCUT2D eigenvalue weighted by atomic mass is 16.5. The lowest BCUT2D eigenvalue weighted by Gasteiger charge is -2.12. The molecule has 2 aromatic carbocycles. The highest BCUT2D eigenvalue weighted by molar-refractivity contribution is 6.06. The number of pyridine rings is 1. The summed E-state index contributed by atoms with van der Waals surface area (Å²) in [5, 5.41) is 19.5. The van der Waals surface area contributed by atoms with E-state index >= 15 is 0 Å². The third kappa shape index (κ3) is 2.69. The zero-order valence-corrected chi connectivity index (χ0v) is 15.4. The molecule has 0 bridgehead atoms. The molecule has 3 heterocycles. The second-order valence-corrected chi connectivity index (χ2v) is 6.54. The number of benzene rings is 2. The topological polar surface area (TPSA) is 140 Å². The Labute approximate surface area is 163 Å². The Hall–Kier alpha value is -4.21. The van der Waals surface area contributed by atoms with Gasteiger partial charge in [-0.05, 0) is 25.1 Å². The summed E-state index contributed by atoms with van der Waals surface area (Å²) < 4.78 is 7.39. The summed E-state index contributed by atoms with van der Waals surface area (Å²) in [6, 6.07) is 13.0. The monoisotopic (exact) mass is 388 g/mol. The molecule has 4 N–H and O–H groups in total. The number of nitrogens with two attached hydrogens (primary N) is 1. The van der Waals surface area contributed by atoms with Crippen LogP contribution in [0.15, 0.2) is 47.3 Å². The first-order valence-electron chi connectivity index (χ1n) is 8.88. The number of hydrogen-bond donors (Lipinski definition) is 3. The van der Waals surface area contributed by atoms with Crippen molar-refractivity contribution < 1.29 is 4.74 Å². The van der Waals surface area contributed by atoms with Crippen molar-refractivity contribution in [2.45, 2.75) is 13.5 Å². The summed E-state index contributed by atoms with van der Waals surface area (Å²) >= 11 is 0. The number of ether oxygens (including phenoxy) is 1. The van der Waals surface area contributed by atoms with E-state index in [4.69, 9.17) is 10.5 Å². The van der Waals surface area contributed by atoms with Crippen LogP contribution in [0.1, 0.15) is 11.4 Å². The zero-order valence-electron chi connectivity index (χ0n) is 15.4. The van der Waals surface area contributed by atoms with Crippen molar-refractivity contribution in [2.75, 3.05) is 5.73 Å². The summed E-state index contributed by atoms with van der Waals surface area (Å²) in [4.78, 5) is 15.5. The van der Waals surface area contributed by atoms with Crippen molar-refractivity contribution in [3.63, 3.8) is 0 Å². The van der Waals surface area contributed by atoms with E-state index in [0.29, 0.717) is 33.7 Å². The van der Waals surface area contributed by atoms with Crippen LogP contribution >= 0.6 is 0 Å². The predicted octanol–water partition coefficient (Wildman–Crippen LogP) is 1.85. The van der Waals surface area contributed by atoms with Gasteiger partial charge in [0, 0.05) is 10.9 Å². The quantitative estimate of drug-likeness (QED) is 0.427. The van der Waals surface area contributed by atoms with E-state index in [9.17, 15) is 4.79 Å². The van der Waals surface area contributed by atoms with Gasteiger partial charge in [0.15, 0.2) is 6.61 Å². The molecule has 5 rings (SSSR count). The zero-order chi connectivity index (χ0) is 20.0. The van der Waals surface area contributed by atoms with Crippen LogP contribution < -0.4 is 16.0 Å². The molecule has 0 aliphatic heterocycles. The molecular formula is C19H16N8O2. The van der Waals surface area contributed by atoms with E-state index in [1.165, 1.54) is 0 Å². The van der Waals surface area contributed by atoms with Gasteiger partial charge in [0.25, 0.3) is 5.56 Å². The van der Waals surface area contributed by atoms with Crippen LogP contribution in [0.4, 0.5) is 5.82 Å². The number of para-hydroxylation sites is 1. The van der Waals surface area contributed by atoms with Crippen molar-refractivity contribution in [3.8, 4) is 11.4 Å². The lowest BCUT2D eigenvalue weighted by Crippen LogP contribution is -2.09. The Kier molecular flexibility index (Phi) is 3.76. The Morgan fingerprint density at radius 2 is 2.03 bits per heavy atom. The maximum absolute atomic E-state index is 12.6. The Bertz CT molecular complexity index is 1400. The van der Waals surface area contributed by atoms with Gasteiger partial charge >= 0.3 is 0 Å². The average Bonchev–Trinajstić information content (AvgIpc) is 3.36. The maximum Gasteiger partial charge on any atom is 0.261 e. The maximum atomic E-state index is 12.6. The number of fused-ring (bicyclic) bond motifs is 3. The largest absolute Gasteiger partial charge is 0.485 e. The predicted molar refractivity (Wildman–Crippen MR) is 107 cm³/mol. The fourth-order valence-electron chi connectivity index (χ4n) is 3.39. The molecule has 29 heavy (non-hydrogen) atoms. The molecule has 0 spiro atoms. The third-order valence-corrected chi connectivity index (χ3v) is 4.81. The van der Waals surface area contributed by atoms with E-state index in [0.717, 1.165) is 10.9 Å². The number of anilines is 1. The summed E-state index contributed by atoms with van der Waals surface area (Å²) in [6.07, 6.45) is 0. The number of tetrazole rings is 1. The molecule has 0 unspecified atom stereocenters. The fraction of sp³-hybridized carbons (Fsp3) is 0.105. The van der Waals surface area contributed by atoms with Gasteiger partial charge in [-0.3, -0.25) is 4.79 Å². The molecule has 144 valence electrons. The molecule has 0 radical (unpaired) electrons. The molecule has 5 aromatic rings. The third-order valence-electron chi connectivity index (χ3n) is 4.81. The summed E-state index contributed by atoms with van der Waals surface area (Å²) in [7, 11) is 0. The lowest BCUT2D eigenvalue weighted by atomic mass is 10.1. The molecule has 0 aliphatic rings. The summed E-state index contributed by atoms with van der Waals surface area (Å²) in [6.45, 7) is 2.07. The van der Waals surface area contributed by atoms with Crippen LogP contribution in [-0.4, -0.2) is 35.4 Å². The van der Waals surface area contributed by atoms with Crippen LogP contribution in [0.2, 0.25) is 0 Å². The minimum Gasteiger partial charge on any atom is -0.485 e. The highest BCUT2D eigenvalue weighted by Gasteiger charge is 2.18. The molecular weight excluding hydrogens is 372 g/mol. The molecule has 0 fully saturated rings. The number of H-pyrrole nitrogens is 2. The first-order valence-corrected chi connectivity index (χ1v) is 8.88. The van der Waals surface area contributed by atoms with Crippen LogP contribution in [0.5, 0.6) is 5.75 Å². The Balaban J connectivity index is 1.65. The minimum absolute atomic E-state index is 0.168. The second-order valence-electron chi connectivity index (χ2n) is 6.54. The molecule has 10 nitrogen and oxygen atoms in total. The van der Waals surface area contributed by atoms with Crippen molar-refractivity contribution in [1.82, 2.24) is 35.4 Å². The van der Waals surface area contributed by atoms with Crippen LogP contribution in [-0.2, 0) is 6.61 Å². The molecule has 0 aliphatic carbocycles. The van der Waals surface area contributed by atoms with E-state index in [1.54, 1.807) is 4.68 Å². The smallest absolute Gasteiger partial charge is 0.261 e. The van der Waals surface area contributed by atoms with Crippen molar-refractivity contribution in [3.05, 3.63) is 64.2 Å². The van der Waals surface area contributed by atoms with Crippen LogP contribution in [0, 0.1) is 6.92 Å². The number of rotatable bonds is 4. The van der Waals surface area contributed by atoms with Gasteiger partial charge in [-0.2, -0.15) is 10.3 Å². The first-order chi connectivity index (χ1) is 14.1. The normalized spacial score (nSPS) is 11.3. The van der Waals surface area contributed by atoms with Gasteiger partial charge in [0.05, 0.1) is 11.2 Å². The van der Waals surface area contributed by atoms with Crippen molar-refractivity contribution in [1.29, 1.82) is 0 Å². The van der Waals surface area contributed by atoms with Gasteiger partial charge in [0.1, 0.15) is 22.5 Å². The van der Waals surface area contributed by atoms with Gasteiger partial charge in [-0.25, -0.2) is 4.68 Å². The highest BCUT2D eigenvalue weighted by Crippen LogP contribution is 2.30.